The van der Waals surface area contributed by atoms with Gasteiger partial charge in [-0.3, -0.25) is 4.90 Å². The van der Waals surface area contributed by atoms with Gasteiger partial charge in [-0.2, -0.15) is 0 Å². The van der Waals surface area contributed by atoms with Gasteiger partial charge in [0.05, 0.1) is 12.1 Å². The van der Waals surface area contributed by atoms with Crippen LogP contribution < -0.4 is 10.1 Å². The zero-order valence-corrected chi connectivity index (χ0v) is 10.6. The molecule has 1 aliphatic rings. The van der Waals surface area contributed by atoms with Gasteiger partial charge in [0, 0.05) is 44.4 Å². The van der Waals surface area contributed by atoms with Crippen LogP contribution in [0, 0.1) is 5.82 Å². The number of halogens is 2. The van der Waals surface area contributed by atoms with E-state index in [0.29, 0.717) is 22.9 Å². The second kappa shape index (κ2) is 5.67. The molecule has 0 bridgehead atoms. The van der Waals surface area contributed by atoms with Gasteiger partial charge in [-0.15, -0.1) is 0 Å². The van der Waals surface area contributed by atoms with E-state index in [-0.39, 0.29) is 5.82 Å². The van der Waals surface area contributed by atoms with Crippen LogP contribution in [-0.2, 0) is 6.54 Å². The predicted molar refractivity (Wildman–Crippen MR) is 66.1 cm³/mol. The van der Waals surface area contributed by atoms with Crippen molar-refractivity contribution in [2.45, 2.75) is 6.54 Å². The first-order valence-corrected chi connectivity index (χ1v) is 6.03. The van der Waals surface area contributed by atoms with Crippen LogP contribution in [0.1, 0.15) is 5.56 Å². The Kier molecular flexibility index (Phi) is 4.20. The maximum absolute atomic E-state index is 13.8. The van der Waals surface area contributed by atoms with Gasteiger partial charge in [0.1, 0.15) is 11.6 Å². The van der Waals surface area contributed by atoms with E-state index in [1.807, 2.05) is 0 Å². The minimum atomic E-state index is -0.259. The predicted octanol–water partition coefficient (Wildman–Crippen LogP) is 1.89. The van der Waals surface area contributed by atoms with Gasteiger partial charge in [0.25, 0.3) is 0 Å². The SMILES string of the molecule is COc1cc(F)c(CN2CCNCC2)cc1Cl. The van der Waals surface area contributed by atoms with Gasteiger partial charge in [0.15, 0.2) is 0 Å². The fourth-order valence-electron chi connectivity index (χ4n) is 1.96. The second-order valence-electron chi connectivity index (χ2n) is 4.10. The molecule has 1 heterocycles. The third kappa shape index (κ3) is 3.09. The smallest absolute Gasteiger partial charge is 0.140 e. The number of rotatable bonds is 3. The maximum atomic E-state index is 13.8. The molecule has 1 fully saturated rings. The molecule has 0 saturated carbocycles. The highest BCUT2D eigenvalue weighted by Gasteiger charge is 2.14. The Balaban J connectivity index is 2.12. The van der Waals surface area contributed by atoms with Gasteiger partial charge in [-0.1, -0.05) is 11.6 Å². The molecule has 0 aliphatic carbocycles. The third-order valence-electron chi connectivity index (χ3n) is 2.92. The summed E-state index contributed by atoms with van der Waals surface area (Å²) in [4.78, 5) is 2.21. The molecule has 0 unspecified atom stereocenters. The molecule has 0 atom stereocenters. The number of piperazine rings is 1. The van der Waals surface area contributed by atoms with Crippen molar-refractivity contribution in [2.24, 2.45) is 0 Å². The van der Waals surface area contributed by atoms with E-state index in [4.69, 9.17) is 16.3 Å². The van der Waals surface area contributed by atoms with E-state index in [1.165, 1.54) is 13.2 Å². The fraction of sp³-hybridized carbons (Fsp3) is 0.500. The number of benzene rings is 1. The monoisotopic (exact) mass is 258 g/mol. The van der Waals surface area contributed by atoms with Crippen molar-refractivity contribution in [2.75, 3.05) is 33.3 Å². The number of methoxy groups -OCH3 is 1. The minimum absolute atomic E-state index is 0.259. The third-order valence-corrected chi connectivity index (χ3v) is 3.22. The van der Waals surface area contributed by atoms with Crippen molar-refractivity contribution >= 4 is 11.6 Å². The lowest BCUT2D eigenvalue weighted by atomic mass is 10.1. The summed E-state index contributed by atoms with van der Waals surface area (Å²) in [5, 5.41) is 3.72. The van der Waals surface area contributed by atoms with E-state index in [2.05, 4.69) is 10.2 Å². The standard InChI is InChI=1S/C12H16ClFN2O/c1-17-12-7-11(14)9(6-10(12)13)8-16-4-2-15-3-5-16/h6-7,15H,2-5,8H2,1H3. The molecule has 3 nitrogen and oxygen atoms in total. The summed E-state index contributed by atoms with van der Waals surface area (Å²) in [5.41, 5.74) is 0.623. The molecular weight excluding hydrogens is 243 g/mol. The largest absolute Gasteiger partial charge is 0.495 e. The first kappa shape index (κ1) is 12.6. The first-order valence-electron chi connectivity index (χ1n) is 5.65. The number of nitrogens with zero attached hydrogens (tertiary/aromatic N) is 1. The van der Waals surface area contributed by atoms with Gasteiger partial charge in [-0.25, -0.2) is 4.39 Å². The average molecular weight is 259 g/mol. The summed E-state index contributed by atoms with van der Waals surface area (Å²) in [6.07, 6.45) is 0. The normalized spacial score (nSPS) is 17.1. The van der Waals surface area contributed by atoms with Crippen LogP contribution in [0.3, 0.4) is 0 Å². The molecule has 2 rings (SSSR count). The van der Waals surface area contributed by atoms with E-state index in [0.717, 1.165) is 26.2 Å². The molecule has 17 heavy (non-hydrogen) atoms. The van der Waals surface area contributed by atoms with Crippen LogP contribution in [0.15, 0.2) is 12.1 Å². The van der Waals surface area contributed by atoms with Crippen LogP contribution in [-0.4, -0.2) is 38.2 Å². The van der Waals surface area contributed by atoms with E-state index in [1.54, 1.807) is 6.07 Å². The molecule has 0 spiro atoms. The van der Waals surface area contributed by atoms with Crippen molar-refractivity contribution in [3.63, 3.8) is 0 Å². The van der Waals surface area contributed by atoms with E-state index < -0.39 is 0 Å². The number of hydrogen-bond acceptors (Lipinski definition) is 3. The Labute approximate surface area is 106 Å². The Hall–Kier alpha value is -0.840. The number of nitrogens with one attached hydrogen (secondary N) is 1. The topological polar surface area (TPSA) is 24.5 Å². The lowest BCUT2D eigenvalue weighted by Gasteiger charge is -2.27. The highest BCUT2D eigenvalue weighted by Crippen LogP contribution is 2.28. The van der Waals surface area contributed by atoms with Gasteiger partial charge in [-0.05, 0) is 6.07 Å². The highest BCUT2D eigenvalue weighted by atomic mass is 35.5. The fourth-order valence-corrected chi connectivity index (χ4v) is 2.22. The van der Waals surface area contributed by atoms with Crippen LogP contribution in [0.4, 0.5) is 4.39 Å². The van der Waals surface area contributed by atoms with Gasteiger partial charge in [0.2, 0.25) is 0 Å². The molecule has 1 aromatic carbocycles. The molecule has 0 radical (unpaired) electrons. The van der Waals surface area contributed by atoms with E-state index in [9.17, 15) is 4.39 Å². The summed E-state index contributed by atoms with van der Waals surface area (Å²) in [6, 6.07) is 3.00. The molecule has 5 heteroatoms. The zero-order valence-electron chi connectivity index (χ0n) is 9.80. The van der Waals surface area contributed by atoms with Gasteiger partial charge < -0.3 is 10.1 Å². The minimum Gasteiger partial charge on any atom is -0.495 e. The molecular formula is C12H16ClFN2O. The van der Waals surface area contributed by atoms with Crippen molar-refractivity contribution in [3.05, 3.63) is 28.5 Å². The summed E-state index contributed by atoms with van der Waals surface area (Å²) < 4.78 is 18.8. The summed E-state index contributed by atoms with van der Waals surface area (Å²) in [5.74, 6) is 0.123. The Bertz CT molecular complexity index is 394. The molecule has 1 N–H and O–H groups in total. The van der Waals surface area contributed by atoms with Crippen LogP contribution >= 0.6 is 11.6 Å². The Morgan fingerprint density at radius 3 is 2.76 bits per heavy atom. The summed E-state index contributed by atoms with van der Waals surface area (Å²) >= 11 is 6.00. The van der Waals surface area contributed by atoms with Crippen molar-refractivity contribution in [1.29, 1.82) is 0 Å². The molecule has 1 aromatic rings. The molecule has 0 amide bonds. The highest BCUT2D eigenvalue weighted by molar-refractivity contribution is 6.32. The Morgan fingerprint density at radius 2 is 2.12 bits per heavy atom. The lowest BCUT2D eigenvalue weighted by Crippen LogP contribution is -2.43. The second-order valence-corrected chi connectivity index (χ2v) is 4.51. The maximum Gasteiger partial charge on any atom is 0.140 e. The summed E-state index contributed by atoms with van der Waals surface area (Å²) in [7, 11) is 1.48. The van der Waals surface area contributed by atoms with Crippen molar-refractivity contribution in [3.8, 4) is 5.75 Å². The van der Waals surface area contributed by atoms with Crippen molar-refractivity contribution < 1.29 is 9.13 Å². The molecule has 0 aromatic heterocycles. The van der Waals surface area contributed by atoms with Crippen LogP contribution in [0.2, 0.25) is 5.02 Å². The summed E-state index contributed by atoms with van der Waals surface area (Å²) in [6.45, 7) is 4.36. The van der Waals surface area contributed by atoms with Crippen molar-refractivity contribution in [1.82, 2.24) is 10.2 Å². The van der Waals surface area contributed by atoms with Crippen LogP contribution in [0.25, 0.3) is 0 Å². The average Bonchev–Trinajstić information content (AvgIpc) is 2.34. The van der Waals surface area contributed by atoms with Crippen LogP contribution in [0.5, 0.6) is 5.75 Å². The molecule has 94 valence electrons. The number of ether oxygens (including phenoxy) is 1. The zero-order chi connectivity index (χ0) is 12.3. The quantitative estimate of drug-likeness (QED) is 0.896. The molecule has 1 saturated heterocycles. The molecule has 1 aliphatic heterocycles. The number of hydrogen-bond donors (Lipinski definition) is 1. The van der Waals surface area contributed by atoms with Gasteiger partial charge >= 0.3 is 0 Å². The first-order chi connectivity index (χ1) is 8.20. The lowest BCUT2D eigenvalue weighted by molar-refractivity contribution is 0.230. The Morgan fingerprint density at radius 1 is 1.41 bits per heavy atom. The van der Waals surface area contributed by atoms with E-state index >= 15 is 0 Å².